The van der Waals surface area contributed by atoms with Crippen LogP contribution in [0, 0.1) is 6.92 Å². The summed E-state index contributed by atoms with van der Waals surface area (Å²) in [5.41, 5.74) is 6.82. The highest BCUT2D eigenvalue weighted by molar-refractivity contribution is 5.78. The summed E-state index contributed by atoms with van der Waals surface area (Å²) in [6.07, 6.45) is -4.14. The van der Waals surface area contributed by atoms with E-state index >= 15 is 0 Å². The smallest absolute Gasteiger partial charge is 0.372 e. The van der Waals surface area contributed by atoms with Crippen LogP contribution in [-0.4, -0.2) is 37.9 Å². The Hall–Kier alpha value is -2.29. The number of urea groups is 1. The summed E-state index contributed by atoms with van der Waals surface area (Å²) in [6, 6.07) is 5.92. The summed E-state index contributed by atoms with van der Waals surface area (Å²) in [4.78, 5) is 23.1. The van der Waals surface area contributed by atoms with Crippen LogP contribution in [0.15, 0.2) is 24.3 Å². The third-order valence-corrected chi connectivity index (χ3v) is 3.32. The molecule has 0 radical (unpaired) electrons. The van der Waals surface area contributed by atoms with Gasteiger partial charge in [0.2, 0.25) is 5.91 Å². The number of alkyl halides is 3. The van der Waals surface area contributed by atoms with E-state index in [1.165, 1.54) is 0 Å². The summed E-state index contributed by atoms with van der Waals surface area (Å²) < 4.78 is 40.1. The molecule has 0 aromatic heterocycles. The largest absolute Gasteiger partial charge is 0.411 e. The first-order valence-corrected chi connectivity index (χ1v) is 7.71. The van der Waals surface area contributed by atoms with Gasteiger partial charge in [0.25, 0.3) is 0 Å². The molecule has 3 amide bonds. The van der Waals surface area contributed by atoms with Crippen molar-refractivity contribution in [2.24, 2.45) is 5.73 Å². The summed E-state index contributed by atoms with van der Waals surface area (Å²) in [6.45, 7) is 0.605. The quantitative estimate of drug-likeness (QED) is 0.589. The third-order valence-electron chi connectivity index (χ3n) is 3.32. The van der Waals surface area contributed by atoms with Crippen molar-refractivity contribution in [3.8, 4) is 0 Å². The van der Waals surface area contributed by atoms with E-state index in [4.69, 9.17) is 5.73 Å². The number of aryl methyl sites for hydroxylation is 1. The number of ether oxygens (including phenoxy) is 1. The number of hydrogen-bond donors (Lipinski definition) is 3. The number of carbonyl (C=O) groups excluding carboxylic acids is 2. The minimum Gasteiger partial charge on any atom is -0.372 e. The van der Waals surface area contributed by atoms with Crippen LogP contribution in [0.5, 0.6) is 0 Å². The summed E-state index contributed by atoms with van der Waals surface area (Å²) in [5, 5.41) is 5.10. The standard InChI is InChI=1S/C16H22F3N3O3/c1-11-5-2-3-6-12(11)13(22-15(20)24)9-14(23)21-7-4-8-25-10-16(17,18)19/h2-3,5-6,13H,4,7-10H2,1H3,(H,21,23)(H3,20,22,24). The van der Waals surface area contributed by atoms with Gasteiger partial charge in [0.15, 0.2) is 0 Å². The molecule has 9 heteroatoms. The van der Waals surface area contributed by atoms with Gasteiger partial charge in [-0.15, -0.1) is 0 Å². The summed E-state index contributed by atoms with van der Waals surface area (Å²) in [5.74, 6) is -0.349. The lowest BCUT2D eigenvalue weighted by molar-refractivity contribution is -0.174. The Balaban J connectivity index is 2.43. The number of benzene rings is 1. The summed E-state index contributed by atoms with van der Waals surface area (Å²) >= 11 is 0. The molecule has 0 saturated carbocycles. The molecule has 1 rings (SSSR count). The Morgan fingerprint density at radius 3 is 2.56 bits per heavy atom. The number of halogens is 3. The Morgan fingerprint density at radius 2 is 1.96 bits per heavy atom. The van der Waals surface area contributed by atoms with Crippen molar-refractivity contribution in [3.05, 3.63) is 35.4 Å². The summed E-state index contributed by atoms with van der Waals surface area (Å²) in [7, 11) is 0. The van der Waals surface area contributed by atoms with Crippen molar-refractivity contribution in [3.63, 3.8) is 0 Å². The van der Waals surface area contributed by atoms with E-state index in [9.17, 15) is 22.8 Å². The lowest BCUT2D eigenvalue weighted by Crippen LogP contribution is -2.37. The predicted molar refractivity (Wildman–Crippen MR) is 85.8 cm³/mol. The topological polar surface area (TPSA) is 93.4 Å². The number of hydrogen-bond acceptors (Lipinski definition) is 3. The molecule has 1 unspecified atom stereocenters. The SMILES string of the molecule is Cc1ccccc1C(CC(=O)NCCCOCC(F)(F)F)NC(N)=O. The minimum absolute atomic E-state index is 0.0306. The number of nitrogens with two attached hydrogens (primary N) is 1. The Morgan fingerprint density at radius 1 is 1.28 bits per heavy atom. The van der Waals surface area contributed by atoms with Crippen molar-refractivity contribution in [2.75, 3.05) is 19.8 Å². The fraction of sp³-hybridized carbons (Fsp3) is 0.500. The highest BCUT2D eigenvalue weighted by Crippen LogP contribution is 2.20. The van der Waals surface area contributed by atoms with Gasteiger partial charge in [0.1, 0.15) is 6.61 Å². The number of amides is 3. The van der Waals surface area contributed by atoms with E-state index in [0.717, 1.165) is 11.1 Å². The van der Waals surface area contributed by atoms with Gasteiger partial charge < -0.3 is 21.1 Å². The van der Waals surface area contributed by atoms with Crippen molar-refractivity contribution >= 4 is 11.9 Å². The first-order valence-electron chi connectivity index (χ1n) is 7.71. The number of nitrogens with one attached hydrogen (secondary N) is 2. The second kappa shape index (κ2) is 9.87. The molecule has 0 aliphatic heterocycles. The van der Waals surface area contributed by atoms with E-state index in [1.807, 2.05) is 19.1 Å². The molecule has 0 bridgehead atoms. The molecular formula is C16H22F3N3O3. The lowest BCUT2D eigenvalue weighted by Gasteiger charge is -2.19. The average Bonchev–Trinajstić information content (AvgIpc) is 2.49. The Labute approximate surface area is 143 Å². The maximum atomic E-state index is 12.0. The van der Waals surface area contributed by atoms with Crippen molar-refractivity contribution in [1.29, 1.82) is 0 Å². The third kappa shape index (κ3) is 8.94. The van der Waals surface area contributed by atoms with Crippen LogP contribution in [0.4, 0.5) is 18.0 Å². The molecule has 0 heterocycles. The first kappa shape index (κ1) is 20.8. The fourth-order valence-electron chi connectivity index (χ4n) is 2.24. The van der Waals surface area contributed by atoms with Crippen molar-refractivity contribution < 1.29 is 27.5 Å². The van der Waals surface area contributed by atoms with Crippen LogP contribution in [0.3, 0.4) is 0 Å². The average molecular weight is 361 g/mol. The van der Waals surface area contributed by atoms with E-state index < -0.39 is 24.9 Å². The monoisotopic (exact) mass is 361 g/mol. The van der Waals surface area contributed by atoms with E-state index in [2.05, 4.69) is 15.4 Å². The zero-order valence-electron chi connectivity index (χ0n) is 13.9. The van der Waals surface area contributed by atoms with E-state index in [0.29, 0.717) is 0 Å². The maximum Gasteiger partial charge on any atom is 0.411 e. The second-order valence-corrected chi connectivity index (χ2v) is 5.49. The van der Waals surface area contributed by atoms with Gasteiger partial charge in [-0.25, -0.2) is 4.79 Å². The fourth-order valence-corrected chi connectivity index (χ4v) is 2.24. The number of carbonyl (C=O) groups is 2. The van der Waals surface area contributed by atoms with E-state index in [-0.39, 0.29) is 31.9 Å². The zero-order chi connectivity index (χ0) is 18.9. The molecule has 0 fully saturated rings. The highest BCUT2D eigenvalue weighted by atomic mass is 19.4. The molecule has 4 N–H and O–H groups in total. The minimum atomic E-state index is -4.36. The van der Waals surface area contributed by atoms with Gasteiger partial charge >= 0.3 is 12.2 Å². The maximum absolute atomic E-state index is 12.0. The molecule has 1 atom stereocenters. The first-order chi connectivity index (χ1) is 11.7. The molecule has 0 saturated heterocycles. The molecule has 1 aromatic carbocycles. The predicted octanol–water partition coefficient (Wildman–Crippen LogP) is 2.18. The molecule has 140 valence electrons. The van der Waals surface area contributed by atoms with Gasteiger partial charge in [0, 0.05) is 13.2 Å². The molecule has 1 aromatic rings. The Kier molecular flexibility index (Phi) is 8.20. The molecule has 0 aliphatic carbocycles. The zero-order valence-corrected chi connectivity index (χ0v) is 13.9. The van der Waals surface area contributed by atoms with Gasteiger partial charge in [-0.3, -0.25) is 4.79 Å². The lowest BCUT2D eigenvalue weighted by atomic mass is 9.98. The molecule has 0 aliphatic rings. The molecular weight excluding hydrogens is 339 g/mol. The van der Waals surface area contributed by atoms with Crippen LogP contribution in [0.25, 0.3) is 0 Å². The Bertz CT molecular complexity index is 579. The van der Waals surface area contributed by atoms with Gasteiger partial charge in [-0.2, -0.15) is 13.2 Å². The van der Waals surface area contributed by atoms with Crippen LogP contribution < -0.4 is 16.4 Å². The normalized spacial score (nSPS) is 12.5. The highest BCUT2D eigenvalue weighted by Gasteiger charge is 2.27. The van der Waals surface area contributed by atoms with Crippen molar-refractivity contribution in [2.45, 2.75) is 32.0 Å². The molecule has 6 nitrogen and oxygen atoms in total. The number of primary amides is 1. The molecule has 25 heavy (non-hydrogen) atoms. The second-order valence-electron chi connectivity index (χ2n) is 5.49. The van der Waals surface area contributed by atoms with Crippen LogP contribution in [0.1, 0.15) is 30.0 Å². The van der Waals surface area contributed by atoms with Crippen molar-refractivity contribution in [1.82, 2.24) is 10.6 Å². The van der Waals surface area contributed by atoms with E-state index in [1.54, 1.807) is 12.1 Å². The van der Waals surface area contributed by atoms with Crippen LogP contribution in [0.2, 0.25) is 0 Å². The van der Waals surface area contributed by atoms with Gasteiger partial charge in [0.05, 0.1) is 12.5 Å². The van der Waals surface area contributed by atoms with Crippen LogP contribution in [-0.2, 0) is 9.53 Å². The van der Waals surface area contributed by atoms with Gasteiger partial charge in [-0.1, -0.05) is 24.3 Å². The van der Waals surface area contributed by atoms with Gasteiger partial charge in [-0.05, 0) is 24.5 Å². The molecule has 0 spiro atoms. The van der Waals surface area contributed by atoms with Crippen LogP contribution >= 0.6 is 0 Å². The number of rotatable bonds is 9.